The van der Waals surface area contributed by atoms with E-state index in [1.807, 2.05) is 12.1 Å². The first-order valence-electron chi connectivity index (χ1n) is 7.16. The second kappa shape index (κ2) is 5.80. The van der Waals surface area contributed by atoms with Gasteiger partial charge in [0.05, 0.1) is 11.6 Å². The van der Waals surface area contributed by atoms with Gasteiger partial charge in [-0.05, 0) is 30.5 Å². The summed E-state index contributed by atoms with van der Waals surface area (Å²) < 4.78 is 11.1. The van der Waals surface area contributed by atoms with E-state index in [0.717, 1.165) is 18.4 Å². The molecule has 20 heavy (non-hydrogen) atoms. The van der Waals surface area contributed by atoms with Gasteiger partial charge in [-0.3, -0.25) is 0 Å². The third-order valence-corrected chi connectivity index (χ3v) is 4.47. The molecule has 1 aromatic carbocycles. The largest absolute Gasteiger partial charge is 0.486 e. The van der Waals surface area contributed by atoms with Crippen LogP contribution in [0.2, 0.25) is 5.02 Å². The van der Waals surface area contributed by atoms with E-state index in [9.17, 15) is 5.11 Å². The number of halogens is 1. The lowest BCUT2D eigenvalue weighted by Crippen LogP contribution is -2.45. The number of ether oxygens (including phenoxy) is 2. The topological polar surface area (TPSA) is 50.7 Å². The van der Waals surface area contributed by atoms with Crippen LogP contribution in [0.25, 0.3) is 0 Å². The van der Waals surface area contributed by atoms with Crippen molar-refractivity contribution in [3.8, 4) is 11.5 Å². The van der Waals surface area contributed by atoms with Crippen molar-refractivity contribution < 1.29 is 14.6 Å². The standard InChI is InChI=1S/C15H20ClNO3/c16-12-7-11(8-13-14(12)20-6-5-19-13)9-17-15(10-18)3-1-2-4-15/h7-8,17-18H,1-6,9-10H2. The molecule has 1 saturated carbocycles. The van der Waals surface area contributed by atoms with Crippen LogP contribution < -0.4 is 14.8 Å². The average molecular weight is 298 g/mol. The van der Waals surface area contributed by atoms with Gasteiger partial charge in [0.2, 0.25) is 0 Å². The number of nitrogens with one attached hydrogen (secondary N) is 1. The van der Waals surface area contributed by atoms with E-state index in [-0.39, 0.29) is 12.1 Å². The maximum atomic E-state index is 9.61. The van der Waals surface area contributed by atoms with Gasteiger partial charge in [-0.15, -0.1) is 0 Å². The predicted molar refractivity (Wildman–Crippen MR) is 77.6 cm³/mol. The molecular weight excluding hydrogens is 278 g/mol. The molecule has 0 amide bonds. The van der Waals surface area contributed by atoms with Crippen LogP contribution in [0.4, 0.5) is 0 Å². The molecule has 2 N–H and O–H groups in total. The number of hydrogen-bond acceptors (Lipinski definition) is 4. The Morgan fingerprint density at radius 2 is 1.95 bits per heavy atom. The first-order chi connectivity index (χ1) is 9.72. The number of benzene rings is 1. The highest BCUT2D eigenvalue weighted by Gasteiger charge is 2.32. The minimum absolute atomic E-state index is 0.125. The molecule has 3 rings (SSSR count). The summed E-state index contributed by atoms with van der Waals surface area (Å²) in [6, 6.07) is 3.87. The maximum Gasteiger partial charge on any atom is 0.179 e. The first kappa shape index (κ1) is 14.0. The van der Waals surface area contributed by atoms with E-state index in [1.165, 1.54) is 12.8 Å². The van der Waals surface area contributed by atoms with Gasteiger partial charge in [0, 0.05) is 12.1 Å². The molecule has 2 aliphatic rings. The summed E-state index contributed by atoms with van der Waals surface area (Å²) in [7, 11) is 0. The lowest BCUT2D eigenvalue weighted by atomic mass is 9.98. The second-order valence-corrected chi connectivity index (χ2v) is 6.01. The Hall–Kier alpha value is -0.970. The molecule has 1 heterocycles. The summed E-state index contributed by atoms with van der Waals surface area (Å²) in [6.07, 6.45) is 4.41. The van der Waals surface area contributed by atoms with Crippen LogP contribution in [-0.4, -0.2) is 30.5 Å². The molecule has 1 aromatic rings. The molecule has 0 atom stereocenters. The van der Waals surface area contributed by atoms with Crippen LogP contribution in [0, 0.1) is 0 Å². The van der Waals surface area contributed by atoms with Gasteiger partial charge in [0.1, 0.15) is 13.2 Å². The van der Waals surface area contributed by atoms with Gasteiger partial charge in [-0.25, -0.2) is 0 Å². The van der Waals surface area contributed by atoms with Crippen LogP contribution >= 0.6 is 11.6 Å². The lowest BCUT2D eigenvalue weighted by Gasteiger charge is -2.28. The molecule has 5 heteroatoms. The van der Waals surface area contributed by atoms with Crippen LogP contribution in [0.3, 0.4) is 0 Å². The summed E-state index contributed by atoms with van der Waals surface area (Å²) in [6.45, 7) is 1.96. The molecule has 0 bridgehead atoms. The van der Waals surface area contributed by atoms with Crippen molar-refractivity contribution in [2.45, 2.75) is 37.8 Å². The zero-order valence-electron chi connectivity index (χ0n) is 11.5. The molecule has 0 spiro atoms. The normalized spacial score (nSPS) is 20.1. The summed E-state index contributed by atoms with van der Waals surface area (Å²) in [5, 5.41) is 13.7. The van der Waals surface area contributed by atoms with Gasteiger partial charge in [-0.1, -0.05) is 24.4 Å². The minimum Gasteiger partial charge on any atom is -0.486 e. The smallest absolute Gasteiger partial charge is 0.179 e. The fourth-order valence-electron chi connectivity index (χ4n) is 3.00. The number of aliphatic hydroxyl groups excluding tert-OH is 1. The molecule has 1 aliphatic carbocycles. The Morgan fingerprint density at radius 3 is 2.70 bits per heavy atom. The van der Waals surface area contributed by atoms with Gasteiger partial charge in [-0.2, -0.15) is 0 Å². The van der Waals surface area contributed by atoms with Gasteiger partial charge in [0.15, 0.2) is 11.5 Å². The van der Waals surface area contributed by atoms with Crippen molar-refractivity contribution in [2.75, 3.05) is 19.8 Å². The molecule has 0 aromatic heterocycles. The fraction of sp³-hybridized carbons (Fsp3) is 0.600. The van der Waals surface area contributed by atoms with E-state index < -0.39 is 0 Å². The molecule has 1 fully saturated rings. The van der Waals surface area contributed by atoms with Crippen LogP contribution in [0.15, 0.2) is 12.1 Å². The molecule has 110 valence electrons. The Balaban J connectivity index is 1.73. The Morgan fingerprint density at radius 1 is 1.20 bits per heavy atom. The number of rotatable bonds is 4. The quantitative estimate of drug-likeness (QED) is 0.896. The number of hydrogen-bond donors (Lipinski definition) is 2. The average Bonchev–Trinajstić information content (AvgIpc) is 2.95. The summed E-state index contributed by atoms with van der Waals surface area (Å²) in [5.74, 6) is 1.35. The third-order valence-electron chi connectivity index (χ3n) is 4.19. The van der Waals surface area contributed by atoms with E-state index in [1.54, 1.807) is 0 Å². The van der Waals surface area contributed by atoms with Crippen LogP contribution in [0.5, 0.6) is 11.5 Å². The highest BCUT2D eigenvalue weighted by atomic mass is 35.5. The first-order valence-corrected chi connectivity index (χ1v) is 7.54. The van der Waals surface area contributed by atoms with E-state index in [0.29, 0.717) is 36.3 Å². The number of fused-ring (bicyclic) bond motifs is 1. The van der Waals surface area contributed by atoms with Crippen molar-refractivity contribution in [3.05, 3.63) is 22.7 Å². The van der Waals surface area contributed by atoms with E-state index in [2.05, 4.69) is 5.32 Å². The van der Waals surface area contributed by atoms with Crippen molar-refractivity contribution in [1.82, 2.24) is 5.32 Å². The highest BCUT2D eigenvalue weighted by Crippen LogP contribution is 2.38. The van der Waals surface area contributed by atoms with E-state index in [4.69, 9.17) is 21.1 Å². The van der Waals surface area contributed by atoms with Crippen molar-refractivity contribution in [3.63, 3.8) is 0 Å². The molecule has 4 nitrogen and oxygen atoms in total. The van der Waals surface area contributed by atoms with Gasteiger partial charge in [0.25, 0.3) is 0 Å². The third kappa shape index (κ3) is 2.73. The molecule has 0 saturated heterocycles. The zero-order valence-corrected chi connectivity index (χ0v) is 12.2. The fourth-order valence-corrected chi connectivity index (χ4v) is 3.29. The zero-order chi connectivity index (χ0) is 14.0. The second-order valence-electron chi connectivity index (χ2n) is 5.60. The maximum absolute atomic E-state index is 9.61. The van der Waals surface area contributed by atoms with Crippen LogP contribution in [0.1, 0.15) is 31.2 Å². The molecule has 1 aliphatic heterocycles. The molecular formula is C15H20ClNO3. The minimum atomic E-state index is -0.125. The predicted octanol–water partition coefficient (Wildman–Crippen LogP) is 2.51. The van der Waals surface area contributed by atoms with Gasteiger partial charge >= 0.3 is 0 Å². The van der Waals surface area contributed by atoms with Crippen molar-refractivity contribution in [2.24, 2.45) is 0 Å². The molecule has 0 unspecified atom stereocenters. The lowest BCUT2D eigenvalue weighted by molar-refractivity contribution is 0.162. The summed E-state index contributed by atoms with van der Waals surface area (Å²) in [4.78, 5) is 0. The van der Waals surface area contributed by atoms with Crippen LogP contribution in [-0.2, 0) is 6.54 Å². The Bertz CT molecular complexity index is 486. The van der Waals surface area contributed by atoms with Crippen molar-refractivity contribution in [1.29, 1.82) is 0 Å². The SMILES string of the molecule is OCC1(NCc2cc(Cl)c3c(c2)OCCO3)CCCC1. The highest BCUT2D eigenvalue weighted by molar-refractivity contribution is 6.32. The van der Waals surface area contributed by atoms with Crippen molar-refractivity contribution >= 4 is 11.6 Å². The Labute approximate surface area is 124 Å². The van der Waals surface area contributed by atoms with E-state index >= 15 is 0 Å². The monoisotopic (exact) mass is 297 g/mol. The Kier molecular flexibility index (Phi) is 4.06. The number of aliphatic hydroxyl groups is 1. The summed E-state index contributed by atoms with van der Waals surface area (Å²) in [5.41, 5.74) is 0.929. The summed E-state index contributed by atoms with van der Waals surface area (Å²) >= 11 is 6.23. The van der Waals surface area contributed by atoms with Gasteiger partial charge < -0.3 is 19.9 Å². The molecule has 0 radical (unpaired) electrons.